The van der Waals surface area contributed by atoms with Gasteiger partial charge >= 0.3 is 0 Å². The van der Waals surface area contributed by atoms with Crippen LogP contribution in [0.2, 0.25) is 0 Å². The molecule has 90 valence electrons. The largest absolute Gasteiger partial charge is 0.329 e. The Labute approximate surface area is 95.2 Å². The molecule has 0 amide bonds. The molecule has 1 aliphatic rings. The van der Waals surface area contributed by atoms with E-state index in [1.54, 1.807) is 0 Å². The molecule has 0 bridgehead atoms. The lowest BCUT2D eigenvalue weighted by Gasteiger charge is -2.58. The maximum atomic E-state index is 5.97. The van der Waals surface area contributed by atoms with Crippen molar-refractivity contribution in [3.63, 3.8) is 0 Å². The summed E-state index contributed by atoms with van der Waals surface area (Å²) in [4.78, 5) is 2.62. The molecule has 0 aliphatic carbocycles. The third-order valence-electron chi connectivity index (χ3n) is 4.92. The lowest BCUT2D eigenvalue weighted by atomic mass is 9.71. The van der Waals surface area contributed by atoms with Gasteiger partial charge in [0.15, 0.2) is 0 Å². The van der Waals surface area contributed by atoms with Gasteiger partial charge in [-0.3, -0.25) is 4.90 Å². The Morgan fingerprint density at radius 2 is 1.53 bits per heavy atom. The smallest absolute Gasteiger partial charge is 0.0327 e. The van der Waals surface area contributed by atoms with Gasteiger partial charge in [0, 0.05) is 25.2 Å². The van der Waals surface area contributed by atoms with E-state index >= 15 is 0 Å². The maximum Gasteiger partial charge on any atom is 0.0327 e. The fourth-order valence-corrected chi connectivity index (χ4v) is 2.91. The van der Waals surface area contributed by atoms with Crippen LogP contribution in [0.3, 0.4) is 0 Å². The lowest BCUT2D eigenvalue weighted by Crippen LogP contribution is -2.67. The summed E-state index contributed by atoms with van der Waals surface area (Å²) in [5.74, 6) is 0. The predicted molar refractivity (Wildman–Crippen MR) is 67.0 cm³/mol. The van der Waals surface area contributed by atoms with Crippen LogP contribution in [-0.4, -0.2) is 30.1 Å². The number of nitrogens with zero attached hydrogens (tertiary/aromatic N) is 1. The molecule has 0 aromatic heterocycles. The summed E-state index contributed by atoms with van der Waals surface area (Å²) in [6, 6.07) is 0. The van der Waals surface area contributed by atoms with Gasteiger partial charge in [-0.25, -0.2) is 0 Å². The molecule has 1 aliphatic heterocycles. The van der Waals surface area contributed by atoms with E-state index in [0.29, 0.717) is 5.41 Å². The van der Waals surface area contributed by atoms with Crippen LogP contribution in [0.25, 0.3) is 0 Å². The van der Waals surface area contributed by atoms with Gasteiger partial charge in [0.05, 0.1) is 0 Å². The van der Waals surface area contributed by atoms with Gasteiger partial charge in [0.25, 0.3) is 0 Å². The molecule has 0 atom stereocenters. The first-order chi connectivity index (χ1) is 7.12. The zero-order valence-corrected chi connectivity index (χ0v) is 11.0. The van der Waals surface area contributed by atoms with Crippen LogP contribution in [0.1, 0.15) is 53.4 Å². The van der Waals surface area contributed by atoms with E-state index in [9.17, 15) is 0 Å². The first-order valence-corrected chi connectivity index (χ1v) is 6.57. The molecule has 0 saturated carbocycles. The van der Waals surface area contributed by atoms with Crippen LogP contribution in [0, 0.1) is 5.41 Å². The van der Waals surface area contributed by atoms with Crippen molar-refractivity contribution < 1.29 is 0 Å². The van der Waals surface area contributed by atoms with Crippen molar-refractivity contribution in [2.45, 2.75) is 58.9 Å². The second kappa shape index (κ2) is 4.84. The minimum atomic E-state index is 0.286. The average Bonchev–Trinajstić information content (AvgIpc) is 2.24. The predicted octanol–water partition coefficient (Wildman–Crippen LogP) is 2.63. The Kier molecular flexibility index (Phi) is 4.19. The van der Waals surface area contributed by atoms with Crippen LogP contribution in [-0.2, 0) is 0 Å². The van der Waals surface area contributed by atoms with Gasteiger partial charge < -0.3 is 5.73 Å². The highest BCUT2D eigenvalue weighted by Crippen LogP contribution is 2.42. The van der Waals surface area contributed by atoms with E-state index in [4.69, 9.17) is 5.73 Å². The molecule has 2 N–H and O–H groups in total. The quantitative estimate of drug-likeness (QED) is 0.733. The van der Waals surface area contributed by atoms with E-state index in [1.807, 2.05) is 0 Å². The van der Waals surface area contributed by atoms with Crippen molar-refractivity contribution in [1.82, 2.24) is 4.90 Å². The molecule has 0 aromatic rings. The highest BCUT2D eigenvalue weighted by molar-refractivity contribution is 5.02. The Bertz CT molecular complexity index is 176. The second-order valence-electron chi connectivity index (χ2n) is 5.20. The van der Waals surface area contributed by atoms with E-state index in [1.165, 1.54) is 38.8 Å². The zero-order valence-electron chi connectivity index (χ0n) is 11.0. The van der Waals surface area contributed by atoms with Crippen molar-refractivity contribution in [1.29, 1.82) is 0 Å². The Morgan fingerprint density at radius 3 is 1.80 bits per heavy atom. The van der Waals surface area contributed by atoms with Gasteiger partial charge in [-0.2, -0.15) is 0 Å². The highest BCUT2D eigenvalue weighted by Gasteiger charge is 2.47. The Hall–Kier alpha value is -0.0800. The second-order valence-corrected chi connectivity index (χ2v) is 5.20. The molecule has 1 fully saturated rings. The van der Waals surface area contributed by atoms with Gasteiger partial charge in [-0.1, -0.05) is 27.7 Å². The van der Waals surface area contributed by atoms with Crippen LogP contribution >= 0.6 is 0 Å². The summed E-state index contributed by atoms with van der Waals surface area (Å²) >= 11 is 0. The molecular formula is C13H28N2. The van der Waals surface area contributed by atoms with Crippen LogP contribution in [0.4, 0.5) is 0 Å². The first-order valence-electron chi connectivity index (χ1n) is 6.57. The van der Waals surface area contributed by atoms with Crippen LogP contribution < -0.4 is 5.73 Å². The molecule has 0 unspecified atom stereocenters. The third kappa shape index (κ3) is 2.07. The molecule has 2 nitrogen and oxygen atoms in total. The number of nitrogens with two attached hydrogens (primary N) is 1. The van der Waals surface area contributed by atoms with Crippen LogP contribution in [0.15, 0.2) is 0 Å². The van der Waals surface area contributed by atoms with Crippen LogP contribution in [0.5, 0.6) is 0 Å². The molecule has 1 heterocycles. The summed E-state index contributed by atoms with van der Waals surface area (Å²) in [5.41, 5.74) is 6.86. The summed E-state index contributed by atoms with van der Waals surface area (Å²) in [6.07, 6.45) is 5.00. The first kappa shape index (κ1) is 13.0. The molecule has 15 heavy (non-hydrogen) atoms. The fraction of sp³-hybridized carbons (Fsp3) is 1.00. The van der Waals surface area contributed by atoms with Gasteiger partial charge in [0.1, 0.15) is 0 Å². The zero-order chi connectivity index (χ0) is 11.5. The SMILES string of the molecule is CCC1(CC)CN(C(CC)(CC)CN)C1. The third-order valence-corrected chi connectivity index (χ3v) is 4.92. The number of rotatable bonds is 6. The van der Waals surface area contributed by atoms with Crippen molar-refractivity contribution in [2.24, 2.45) is 11.1 Å². The normalized spacial score (nSPS) is 21.4. The number of likely N-dealkylation sites (tertiary alicyclic amines) is 1. The van der Waals surface area contributed by atoms with E-state index in [2.05, 4.69) is 32.6 Å². The van der Waals surface area contributed by atoms with Crippen molar-refractivity contribution in [2.75, 3.05) is 19.6 Å². The Balaban J connectivity index is 2.62. The molecular weight excluding hydrogens is 184 g/mol. The van der Waals surface area contributed by atoms with Gasteiger partial charge in [-0.05, 0) is 31.1 Å². The average molecular weight is 212 g/mol. The topological polar surface area (TPSA) is 29.3 Å². The summed E-state index contributed by atoms with van der Waals surface area (Å²) in [6.45, 7) is 12.5. The number of hydrogen-bond acceptors (Lipinski definition) is 2. The molecule has 0 radical (unpaired) electrons. The van der Waals surface area contributed by atoms with E-state index in [-0.39, 0.29) is 5.54 Å². The Morgan fingerprint density at radius 1 is 1.07 bits per heavy atom. The van der Waals surface area contributed by atoms with E-state index < -0.39 is 0 Å². The van der Waals surface area contributed by atoms with Crippen molar-refractivity contribution in [3.05, 3.63) is 0 Å². The summed E-state index contributed by atoms with van der Waals surface area (Å²) in [5, 5.41) is 0. The minimum absolute atomic E-state index is 0.286. The summed E-state index contributed by atoms with van der Waals surface area (Å²) < 4.78 is 0. The standard InChI is InChI=1S/C13H28N2/c1-5-12(6-2)10-15(11-12)13(7-3,8-4)9-14/h5-11,14H2,1-4H3. The minimum Gasteiger partial charge on any atom is -0.329 e. The molecule has 1 saturated heterocycles. The fourth-order valence-electron chi connectivity index (χ4n) is 2.91. The molecule has 2 heteroatoms. The molecule has 0 spiro atoms. The number of hydrogen-bond donors (Lipinski definition) is 1. The summed E-state index contributed by atoms with van der Waals surface area (Å²) in [7, 11) is 0. The van der Waals surface area contributed by atoms with Gasteiger partial charge in [-0.15, -0.1) is 0 Å². The monoisotopic (exact) mass is 212 g/mol. The maximum absolute atomic E-state index is 5.97. The van der Waals surface area contributed by atoms with Crippen molar-refractivity contribution >= 4 is 0 Å². The van der Waals surface area contributed by atoms with Gasteiger partial charge in [0.2, 0.25) is 0 Å². The molecule has 1 rings (SSSR count). The van der Waals surface area contributed by atoms with E-state index in [0.717, 1.165) is 6.54 Å². The highest BCUT2D eigenvalue weighted by atomic mass is 15.3. The van der Waals surface area contributed by atoms with Crippen molar-refractivity contribution in [3.8, 4) is 0 Å². The molecule has 0 aromatic carbocycles. The lowest BCUT2D eigenvalue weighted by molar-refractivity contribution is -0.0833.